The predicted octanol–water partition coefficient (Wildman–Crippen LogP) is 3.68. The van der Waals surface area contributed by atoms with Crippen molar-refractivity contribution >= 4 is 0 Å². The molecule has 0 aliphatic rings. The summed E-state index contributed by atoms with van der Waals surface area (Å²) >= 11 is 0. The minimum absolute atomic E-state index is 0.501. The van der Waals surface area contributed by atoms with Crippen LogP contribution in [0.5, 0.6) is 5.75 Å². The third kappa shape index (κ3) is 4.34. The van der Waals surface area contributed by atoms with Crippen molar-refractivity contribution in [1.29, 1.82) is 0 Å². The van der Waals surface area contributed by atoms with E-state index in [0.29, 0.717) is 17.8 Å². The number of benzene rings is 1. The van der Waals surface area contributed by atoms with Gasteiger partial charge in [-0.15, -0.1) is 0 Å². The van der Waals surface area contributed by atoms with Gasteiger partial charge in [-0.05, 0) is 42.5 Å². The third-order valence-corrected chi connectivity index (χ3v) is 3.50. The number of methoxy groups -OCH3 is 1. The molecule has 102 valence electrons. The Bertz CT molecular complexity index is 349. The quantitative estimate of drug-likeness (QED) is 0.796. The standard InChI is InChI=1S/C16H27NO/c1-12(2)10-17-11-13(3)14(4)15-8-6-7-9-16(15)18-5/h6-9,12-14,17H,10-11H2,1-5H3. The molecule has 0 amide bonds. The summed E-state index contributed by atoms with van der Waals surface area (Å²) in [5.74, 6) is 2.81. The molecule has 2 atom stereocenters. The van der Waals surface area contributed by atoms with E-state index in [1.807, 2.05) is 12.1 Å². The Morgan fingerprint density at radius 3 is 2.33 bits per heavy atom. The summed E-state index contributed by atoms with van der Waals surface area (Å²) < 4.78 is 5.44. The van der Waals surface area contributed by atoms with Crippen LogP contribution in [-0.4, -0.2) is 20.2 Å². The van der Waals surface area contributed by atoms with Gasteiger partial charge in [0.1, 0.15) is 5.75 Å². The number of hydrogen-bond donors (Lipinski definition) is 1. The topological polar surface area (TPSA) is 21.3 Å². The highest BCUT2D eigenvalue weighted by molar-refractivity contribution is 5.36. The third-order valence-electron chi connectivity index (χ3n) is 3.50. The van der Waals surface area contributed by atoms with E-state index in [1.54, 1.807) is 7.11 Å². The summed E-state index contributed by atoms with van der Waals surface area (Å²) in [5.41, 5.74) is 1.30. The number of nitrogens with one attached hydrogen (secondary N) is 1. The van der Waals surface area contributed by atoms with Gasteiger partial charge >= 0.3 is 0 Å². The van der Waals surface area contributed by atoms with Gasteiger partial charge in [0.15, 0.2) is 0 Å². The molecular weight excluding hydrogens is 222 g/mol. The molecule has 1 aromatic carbocycles. The maximum Gasteiger partial charge on any atom is 0.122 e. The van der Waals surface area contributed by atoms with Gasteiger partial charge in [0, 0.05) is 0 Å². The fourth-order valence-electron chi connectivity index (χ4n) is 2.13. The van der Waals surface area contributed by atoms with Gasteiger partial charge in [0.25, 0.3) is 0 Å². The Morgan fingerprint density at radius 2 is 1.72 bits per heavy atom. The molecule has 18 heavy (non-hydrogen) atoms. The molecule has 1 rings (SSSR count). The van der Waals surface area contributed by atoms with Crippen molar-refractivity contribution in [2.75, 3.05) is 20.2 Å². The fraction of sp³-hybridized carbons (Fsp3) is 0.625. The van der Waals surface area contributed by atoms with Crippen molar-refractivity contribution in [1.82, 2.24) is 5.32 Å². The Morgan fingerprint density at radius 1 is 1.06 bits per heavy atom. The van der Waals surface area contributed by atoms with Gasteiger partial charge in [-0.2, -0.15) is 0 Å². The SMILES string of the molecule is COc1ccccc1C(C)C(C)CNCC(C)C. The van der Waals surface area contributed by atoms with Crippen LogP contribution in [0, 0.1) is 11.8 Å². The minimum Gasteiger partial charge on any atom is -0.496 e. The van der Waals surface area contributed by atoms with E-state index in [2.05, 4.69) is 45.1 Å². The normalized spacial score (nSPS) is 14.6. The van der Waals surface area contributed by atoms with E-state index < -0.39 is 0 Å². The first-order valence-electron chi connectivity index (χ1n) is 6.89. The molecule has 1 aromatic rings. The van der Waals surface area contributed by atoms with Gasteiger partial charge in [-0.25, -0.2) is 0 Å². The summed E-state index contributed by atoms with van der Waals surface area (Å²) in [6, 6.07) is 8.32. The van der Waals surface area contributed by atoms with Crippen LogP contribution in [0.3, 0.4) is 0 Å². The van der Waals surface area contributed by atoms with Crippen molar-refractivity contribution in [2.24, 2.45) is 11.8 Å². The maximum atomic E-state index is 5.44. The minimum atomic E-state index is 0.501. The largest absolute Gasteiger partial charge is 0.496 e. The summed E-state index contributed by atoms with van der Waals surface area (Å²) in [7, 11) is 1.74. The lowest BCUT2D eigenvalue weighted by Gasteiger charge is -2.23. The number of ether oxygens (including phenoxy) is 1. The molecule has 0 aliphatic carbocycles. The molecule has 0 fully saturated rings. The second-order valence-corrected chi connectivity index (χ2v) is 5.56. The van der Waals surface area contributed by atoms with Gasteiger partial charge in [0.05, 0.1) is 7.11 Å². The molecule has 2 nitrogen and oxygen atoms in total. The summed E-state index contributed by atoms with van der Waals surface area (Å²) in [6.07, 6.45) is 0. The van der Waals surface area contributed by atoms with E-state index in [1.165, 1.54) is 5.56 Å². The lowest BCUT2D eigenvalue weighted by molar-refractivity contribution is 0.386. The molecule has 0 heterocycles. The lowest BCUT2D eigenvalue weighted by Crippen LogP contribution is -2.27. The van der Waals surface area contributed by atoms with E-state index in [4.69, 9.17) is 4.74 Å². The van der Waals surface area contributed by atoms with E-state index in [-0.39, 0.29) is 0 Å². The average molecular weight is 249 g/mol. The molecule has 0 radical (unpaired) electrons. The van der Waals surface area contributed by atoms with Crippen molar-refractivity contribution in [3.8, 4) is 5.75 Å². The molecule has 0 spiro atoms. The lowest BCUT2D eigenvalue weighted by atomic mass is 9.88. The van der Waals surface area contributed by atoms with Crippen molar-refractivity contribution in [3.05, 3.63) is 29.8 Å². The van der Waals surface area contributed by atoms with Crippen LogP contribution in [0.4, 0.5) is 0 Å². The van der Waals surface area contributed by atoms with Crippen LogP contribution in [0.1, 0.15) is 39.2 Å². The van der Waals surface area contributed by atoms with Gasteiger partial charge < -0.3 is 10.1 Å². The van der Waals surface area contributed by atoms with Crippen molar-refractivity contribution < 1.29 is 4.74 Å². The highest BCUT2D eigenvalue weighted by Gasteiger charge is 2.17. The summed E-state index contributed by atoms with van der Waals surface area (Å²) in [5, 5.41) is 3.53. The molecular formula is C16H27NO. The molecule has 0 aliphatic heterocycles. The van der Waals surface area contributed by atoms with Gasteiger partial charge in [-0.3, -0.25) is 0 Å². The molecule has 0 aromatic heterocycles. The molecule has 2 heteroatoms. The Labute approximate surface area is 112 Å². The van der Waals surface area contributed by atoms with E-state index in [0.717, 1.165) is 18.8 Å². The maximum absolute atomic E-state index is 5.44. The van der Waals surface area contributed by atoms with Crippen LogP contribution in [0.25, 0.3) is 0 Å². The first kappa shape index (κ1) is 15.0. The van der Waals surface area contributed by atoms with E-state index in [9.17, 15) is 0 Å². The molecule has 0 bridgehead atoms. The van der Waals surface area contributed by atoms with Crippen LogP contribution in [0.2, 0.25) is 0 Å². The summed E-state index contributed by atoms with van der Waals surface area (Å²) in [6.45, 7) is 11.2. The highest BCUT2D eigenvalue weighted by atomic mass is 16.5. The summed E-state index contributed by atoms with van der Waals surface area (Å²) in [4.78, 5) is 0. The smallest absolute Gasteiger partial charge is 0.122 e. The second kappa shape index (κ2) is 7.42. The zero-order valence-electron chi connectivity index (χ0n) is 12.4. The Hall–Kier alpha value is -1.02. The molecule has 0 saturated carbocycles. The predicted molar refractivity (Wildman–Crippen MR) is 78.3 cm³/mol. The molecule has 2 unspecified atom stereocenters. The second-order valence-electron chi connectivity index (χ2n) is 5.56. The van der Waals surface area contributed by atoms with E-state index >= 15 is 0 Å². The zero-order chi connectivity index (χ0) is 13.5. The molecule has 0 saturated heterocycles. The number of hydrogen-bond acceptors (Lipinski definition) is 2. The first-order chi connectivity index (χ1) is 8.56. The van der Waals surface area contributed by atoms with Crippen molar-refractivity contribution in [2.45, 2.75) is 33.6 Å². The number of rotatable bonds is 7. The van der Waals surface area contributed by atoms with Crippen LogP contribution in [-0.2, 0) is 0 Å². The van der Waals surface area contributed by atoms with Gasteiger partial charge in [-0.1, -0.05) is 45.9 Å². The zero-order valence-corrected chi connectivity index (χ0v) is 12.4. The van der Waals surface area contributed by atoms with Crippen LogP contribution < -0.4 is 10.1 Å². The van der Waals surface area contributed by atoms with Crippen LogP contribution >= 0.6 is 0 Å². The van der Waals surface area contributed by atoms with Crippen LogP contribution in [0.15, 0.2) is 24.3 Å². The Balaban J connectivity index is 2.59. The van der Waals surface area contributed by atoms with Crippen molar-refractivity contribution in [3.63, 3.8) is 0 Å². The molecule has 1 N–H and O–H groups in total. The Kier molecular flexibility index (Phi) is 6.20. The van der Waals surface area contributed by atoms with Gasteiger partial charge in [0.2, 0.25) is 0 Å². The highest BCUT2D eigenvalue weighted by Crippen LogP contribution is 2.31. The average Bonchev–Trinajstić information content (AvgIpc) is 2.37. The first-order valence-corrected chi connectivity index (χ1v) is 6.89. The monoisotopic (exact) mass is 249 g/mol. The number of para-hydroxylation sites is 1. The fourth-order valence-corrected chi connectivity index (χ4v) is 2.13.